The molecule has 0 spiro atoms. The van der Waals surface area contributed by atoms with E-state index in [0.29, 0.717) is 17.1 Å². The molecule has 3 nitrogen and oxygen atoms in total. The molecule has 0 aromatic rings. The van der Waals surface area contributed by atoms with E-state index in [1.54, 1.807) is 0 Å². The zero-order valence-corrected chi connectivity index (χ0v) is 11.6. The van der Waals surface area contributed by atoms with Gasteiger partial charge in [0.25, 0.3) is 0 Å². The molecule has 1 heterocycles. The first-order valence-corrected chi connectivity index (χ1v) is 6.39. The van der Waals surface area contributed by atoms with Crippen LogP contribution >= 0.6 is 12.2 Å². The molecule has 94 valence electrons. The number of rotatable bonds is 4. The van der Waals surface area contributed by atoms with Crippen LogP contribution in [0.4, 0.5) is 0 Å². The van der Waals surface area contributed by atoms with Crippen LogP contribution in [0.2, 0.25) is 0 Å². The molecule has 2 N–H and O–H groups in total. The minimum Gasteiger partial charge on any atom is -0.393 e. The Morgan fingerprint density at radius 3 is 2.69 bits per heavy atom. The van der Waals surface area contributed by atoms with E-state index < -0.39 is 0 Å². The van der Waals surface area contributed by atoms with Gasteiger partial charge >= 0.3 is 0 Å². The Morgan fingerprint density at radius 1 is 1.50 bits per heavy atom. The molecular weight excluding hydrogens is 220 g/mol. The van der Waals surface area contributed by atoms with Crippen molar-refractivity contribution in [2.45, 2.75) is 46.3 Å². The fourth-order valence-corrected chi connectivity index (χ4v) is 1.93. The second-order valence-corrected chi connectivity index (χ2v) is 5.93. The van der Waals surface area contributed by atoms with Crippen LogP contribution in [-0.4, -0.2) is 41.7 Å². The minimum absolute atomic E-state index is 0.0450. The van der Waals surface area contributed by atoms with Gasteiger partial charge in [0.15, 0.2) is 0 Å². The van der Waals surface area contributed by atoms with Crippen molar-refractivity contribution in [3.63, 3.8) is 0 Å². The lowest BCUT2D eigenvalue weighted by Gasteiger charge is -2.38. The summed E-state index contributed by atoms with van der Waals surface area (Å²) in [4.78, 5) is 3.08. The predicted octanol–water partition coefficient (Wildman–Crippen LogP) is 1.80. The average Bonchev–Trinajstić information content (AvgIpc) is 2.19. The molecular formula is C12H24N2OS. The molecule has 0 radical (unpaired) electrons. The maximum Gasteiger partial charge on any atom is 0.0784 e. The molecule has 0 bridgehead atoms. The van der Waals surface area contributed by atoms with Gasteiger partial charge < -0.3 is 10.5 Å². The summed E-state index contributed by atoms with van der Waals surface area (Å²) in [6.07, 6.45) is 1.35. The Bertz CT molecular complexity index is 255. The van der Waals surface area contributed by atoms with E-state index in [4.69, 9.17) is 22.7 Å². The summed E-state index contributed by atoms with van der Waals surface area (Å²) in [5.41, 5.74) is 5.69. The average molecular weight is 244 g/mol. The van der Waals surface area contributed by atoms with Gasteiger partial charge in [-0.3, -0.25) is 4.90 Å². The highest BCUT2D eigenvalue weighted by atomic mass is 32.1. The molecule has 2 atom stereocenters. The smallest absolute Gasteiger partial charge is 0.0784 e. The van der Waals surface area contributed by atoms with Crippen molar-refractivity contribution in [3.05, 3.63) is 0 Å². The molecule has 0 aromatic heterocycles. The number of hydrogen-bond acceptors (Lipinski definition) is 3. The standard InChI is InChI=1S/C12H24N2OS/c1-9-8-15-10(2)7-14(9)6-5-12(3,4)11(13)16/h9-10H,5-8H2,1-4H3,(H2,13,16). The fraction of sp³-hybridized carbons (Fsp3) is 0.917. The molecule has 1 aliphatic rings. The van der Waals surface area contributed by atoms with Crippen molar-refractivity contribution >= 4 is 17.2 Å². The molecule has 16 heavy (non-hydrogen) atoms. The third-order valence-electron chi connectivity index (χ3n) is 3.43. The molecule has 1 saturated heterocycles. The van der Waals surface area contributed by atoms with Gasteiger partial charge in [-0.25, -0.2) is 0 Å². The Morgan fingerprint density at radius 2 is 2.12 bits per heavy atom. The van der Waals surface area contributed by atoms with Crippen LogP contribution in [0, 0.1) is 5.41 Å². The summed E-state index contributed by atoms with van der Waals surface area (Å²) in [5.74, 6) is 0. The molecule has 2 unspecified atom stereocenters. The lowest BCUT2D eigenvalue weighted by atomic mass is 9.89. The number of ether oxygens (including phenoxy) is 1. The SMILES string of the molecule is CC1CN(CCC(C)(C)C(N)=S)C(C)CO1. The zero-order chi connectivity index (χ0) is 12.3. The monoisotopic (exact) mass is 244 g/mol. The quantitative estimate of drug-likeness (QED) is 0.765. The Labute approximate surface area is 104 Å². The van der Waals surface area contributed by atoms with E-state index in [1.807, 2.05) is 0 Å². The van der Waals surface area contributed by atoms with Crippen molar-refractivity contribution in [3.8, 4) is 0 Å². The lowest BCUT2D eigenvalue weighted by Crippen LogP contribution is -2.48. The predicted molar refractivity (Wildman–Crippen MR) is 71.6 cm³/mol. The van der Waals surface area contributed by atoms with Crippen LogP contribution < -0.4 is 5.73 Å². The minimum atomic E-state index is -0.0450. The molecule has 1 aliphatic heterocycles. The fourth-order valence-electron chi connectivity index (χ4n) is 1.83. The zero-order valence-electron chi connectivity index (χ0n) is 10.8. The molecule has 4 heteroatoms. The highest BCUT2D eigenvalue weighted by molar-refractivity contribution is 7.80. The highest BCUT2D eigenvalue weighted by Gasteiger charge is 2.27. The lowest BCUT2D eigenvalue weighted by molar-refractivity contribution is -0.0510. The third kappa shape index (κ3) is 3.68. The summed E-state index contributed by atoms with van der Waals surface area (Å²) >= 11 is 5.09. The van der Waals surface area contributed by atoms with Crippen LogP contribution in [0.3, 0.4) is 0 Å². The van der Waals surface area contributed by atoms with Crippen molar-refractivity contribution < 1.29 is 4.74 Å². The van der Waals surface area contributed by atoms with Gasteiger partial charge in [0.05, 0.1) is 17.7 Å². The molecule has 0 aliphatic carbocycles. The van der Waals surface area contributed by atoms with Crippen LogP contribution in [-0.2, 0) is 4.74 Å². The Kier molecular flexibility index (Phi) is 4.71. The van der Waals surface area contributed by atoms with E-state index in [2.05, 4.69) is 32.6 Å². The van der Waals surface area contributed by atoms with Crippen LogP contribution in [0.1, 0.15) is 34.1 Å². The summed E-state index contributed by atoms with van der Waals surface area (Å²) < 4.78 is 5.61. The second-order valence-electron chi connectivity index (χ2n) is 5.49. The van der Waals surface area contributed by atoms with Gasteiger partial charge in [-0.05, 0) is 26.8 Å². The number of hydrogen-bond donors (Lipinski definition) is 1. The molecule has 1 fully saturated rings. The molecule has 0 aromatic carbocycles. The first kappa shape index (κ1) is 13.9. The largest absolute Gasteiger partial charge is 0.393 e. The van der Waals surface area contributed by atoms with Crippen LogP contribution in [0.5, 0.6) is 0 Å². The summed E-state index contributed by atoms with van der Waals surface area (Å²) in [5, 5.41) is 0. The molecule has 0 saturated carbocycles. The van der Waals surface area contributed by atoms with Gasteiger partial charge in [0.1, 0.15) is 0 Å². The van der Waals surface area contributed by atoms with Gasteiger partial charge in [-0.1, -0.05) is 26.1 Å². The summed E-state index contributed by atoms with van der Waals surface area (Å²) in [7, 11) is 0. The van der Waals surface area contributed by atoms with E-state index in [9.17, 15) is 0 Å². The Balaban J connectivity index is 2.44. The summed E-state index contributed by atoms with van der Waals surface area (Å²) in [6, 6.07) is 0.498. The third-order valence-corrected chi connectivity index (χ3v) is 3.98. The van der Waals surface area contributed by atoms with Gasteiger partial charge in [0.2, 0.25) is 0 Å². The van der Waals surface area contributed by atoms with E-state index in [0.717, 1.165) is 26.1 Å². The van der Waals surface area contributed by atoms with Crippen molar-refractivity contribution in [2.24, 2.45) is 11.1 Å². The number of morpholine rings is 1. The van der Waals surface area contributed by atoms with Crippen LogP contribution in [0.25, 0.3) is 0 Å². The normalized spacial score (nSPS) is 28.0. The number of thiocarbonyl (C=S) groups is 1. The van der Waals surface area contributed by atoms with Crippen LogP contribution in [0.15, 0.2) is 0 Å². The Hall–Kier alpha value is -0.190. The van der Waals surface area contributed by atoms with Gasteiger partial charge in [-0.15, -0.1) is 0 Å². The van der Waals surface area contributed by atoms with Gasteiger partial charge in [0, 0.05) is 18.0 Å². The van der Waals surface area contributed by atoms with Crippen molar-refractivity contribution in [1.29, 1.82) is 0 Å². The van der Waals surface area contributed by atoms with E-state index >= 15 is 0 Å². The van der Waals surface area contributed by atoms with E-state index in [-0.39, 0.29) is 5.41 Å². The first-order chi connectivity index (χ1) is 7.33. The second kappa shape index (κ2) is 5.43. The first-order valence-electron chi connectivity index (χ1n) is 5.98. The summed E-state index contributed by atoms with van der Waals surface area (Å²) in [6.45, 7) is 11.4. The number of nitrogens with two attached hydrogens (primary N) is 1. The van der Waals surface area contributed by atoms with Gasteiger partial charge in [-0.2, -0.15) is 0 Å². The highest BCUT2D eigenvalue weighted by Crippen LogP contribution is 2.22. The maximum absolute atomic E-state index is 5.74. The van der Waals surface area contributed by atoms with Crippen molar-refractivity contribution in [2.75, 3.05) is 19.7 Å². The molecule has 0 amide bonds. The maximum atomic E-state index is 5.74. The van der Waals surface area contributed by atoms with Crippen molar-refractivity contribution in [1.82, 2.24) is 4.90 Å². The topological polar surface area (TPSA) is 38.5 Å². The van der Waals surface area contributed by atoms with E-state index in [1.165, 1.54) is 0 Å². The molecule has 1 rings (SSSR count). The number of nitrogens with zero attached hydrogens (tertiary/aromatic N) is 1.